The Balaban J connectivity index is 1.85. The van der Waals surface area contributed by atoms with Crippen LogP contribution in [0.5, 0.6) is 0 Å². The third-order valence-corrected chi connectivity index (χ3v) is 5.80. The predicted molar refractivity (Wildman–Crippen MR) is 120 cm³/mol. The molecule has 3 rings (SSSR count). The van der Waals surface area contributed by atoms with Crippen molar-refractivity contribution in [2.45, 2.75) is 60.1 Å². The first-order valence-electron chi connectivity index (χ1n) is 10.9. The number of esters is 1. The fraction of sp³-hybridized carbons (Fsp3) is 0.400. The minimum atomic E-state index is -1.18. The zero-order valence-electron chi connectivity index (χ0n) is 19.6. The predicted octanol–water partition coefficient (Wildman–Crippen LogP) is 3.66. The molecule has 174 valence electrons. The van der Waals surface area contributed by atoms with Gasteiger partial charge in [0.15, 0.2) is 11.9 Å². The number of benzene rings is 1. The number of carbonyl (C=O) groups is 5. The van der Waals surface area contributed by atoms with Gasteiger partial charge in [-0.25, -0.2) is 4.79 Å². The SMILES string of the molecule is CC(=O)c1c(C)[nH]c(C(=O)[C@@H](C)OC(=O)[C@@H](CC(C)C)N2C(=O)c3ccccc3C2=O)c1C. The van der Waals surface area contributed by atoms with Crippen molar-refractivity contribution >= 4 is 29.4 Å². The van der Waals surface area contributed by atoms with E-state index >= 15 is 0 Å². The highest BCUT2D eigenvalue weighted by Crippen LogP contribution is 2.28. The van der Waals surface area contributed by atoms with E-state index in [1.165, 1.54) is 13.8 Å². The molecule has 33 heavy (non-hydrogen) atoms. The Kier molecular flexibility index (Phi) is 6.67. The van der Waals surface area contributed by atoms with Crippen LogP contribution in [0, 0.1) is 19.8 Å². The van der Waals surface area contributed by atoms with Crippen molar-refractivity contribution in [3.05, 3.63) is 57.9 Å². The second-order valence-electron chi connectivity index (χ2n) is 8.80. The quantitative estimate of drug-likeness (QED) is 0.371. The number of ether oxygens (including phenoxy) is 1. The van der Waals surface area contributed by atoms with Crippen molar-refractivity contribution in [2.24, 2.45) is 5.92 Å². The Morgan fingerprint density at radius 1 is 1.00 bits per heavy atom. The van der Waals surface area contributed by atoms with E-state index in [-0.39, 0.29) is 34.9 Å². The van der Waals surface area contributed by atoms with Gasteiger partial charge in [0.05, 0.1) is 16.8 Å². The molecule has 2 heterocycles. The molecule has 8 nitrogen and oxygen atoms in total. The number of ketones is 2. The van der Waals surface area contributed by atoms with Crippen molar-refractivity contribution in [2.75, 3.05) is 0 Å². The van der Waals surface area contributed by atoms with Crippen LogP contribution in [0.25, 0.3) is 0 Å². The molecule has 0 aliphatic carbocycles. The summed E-state index contributed by atoms with van der Waals surface area (Å²) in [6.45, 7) is 9.92. The topological polar surface area (TPSA) is 114 Å². The molecule has 0 fully saturated rings. The molecule has 1 aromatic heterocycles. The van der Waals surface area contributed by atoms with Crippen molar-refractivity contribution in [3.63, 3.8) is 0 Å². The van der Waals surface area contributed by atoms with E-state index < -0.39 is 35.7 Å². The lowest BCUT2D eigenvalue weighted by molar-refractivity contribution is -0.151. The molecule has 0 saturated heterocycles. The number of aromatic nitrogens is 1. The standard InChI is InChI=1S/C25H28N2O6/c1-12(2)11-19(27-23(30)17-9-7-8-10-18(17)24(27)31)25(32)33-16(6)22(29)21-13(3)20(15(5)28)14(4)26-21/h7-10,12,16,19,26H,11H2,1-6H3/t16-,19-/m1/s1. The van der Waals surface area contributed by atoms with E-state index in [1.54, 1.807) is 38.1 Å². The summed E-state index contributed by atoms with van der Waals surface area (Å²) >= 11 is 0. The van der Waals surface area contributed by atoms with Gasteiger partial charge in [0, 0.05) is 11.3 Å². The van der Waals surface area contributed by atoms with Gasteiger partial charge in [-0.3, -0.25) is 24.1 Å². The van der Waals surface area contributed by atoms with Gasteiger partial charge in [0.1, 0.15) is 6.04 Å². The molecule has 2 aromatic rings. The molecule has 0 unspecified atom stereocenters. The van der Waals surface area contributed by atoms with E-state index in [0.717, 1.165) is 4.90 Å². The van der Waals surface area contributed by atoms with E-state index in [2.05, 4.69) is 4.98 Å². The number of hydrogen-bond donors (Lipinski definition) is 1. The van der Waals surface area contributed by atoms with Crippen LogP contribution < -0.4 is 0 Å². The monoisotopic (exact) mass is 452 g/mol. The van der Waals surface area contributed by atoms with Crippen LogP contribution in [0.3, 0.4) is 0 Å². The highest BCUT2D eigenvalue weighted by atomic mass is 16.5. The minimum Gasteiger partial charge on any atom is -0.453 e. The van der Waals surface area contributed by atoms with Crippen molar-refractivity contribution in [3.8, 4) is 0 Å². The molecule has 2 amide bonds. The first kappa shape index (κ1) is 24.1. The lowest BCUT2D eigenvalue weighted by atomic mass is 10.0. The fourth-order valence-corrected chi connectivity index (χ4v) is 4.28. The van der Waals surface area contributed by atoms with E-state index in [9.17, 15) is 24.0 Å². The molecular formula is C25H28N2O6. The summed E-state index contributed by atoms with van der Waals surface area (Å²) in [5, 5.41) is 0. The maximum absolute atomic E-state index is 13.1. The Hall–Kier alpha value is -3.55. The second kappa shape index (κ2) is 9.13. The molecule has 0 bridgehead atoms. The summed E-state index contributed by atoms with van der Waals surface area (Å²) in [6, 6.07) is 5.23. The van der Waals surface area contributed by atoms with Crippen LogP contribution in [0.4, 0.5) is 0 Å². The Bertz CT molecular complexity index is 1120. The highest BCUT2D eigenvalue weighted by molar-refractivity contribution is 6.22. The third-order valence-electron chi connectivity index (χ3n) is 5.80. The van der Waals surface area contributed by atoms with Gasteiger partial charge in [0.25, 0.3) is 11.8 Å². The summed E-state index contributed by atoms with van der Waals surface area (Å²) in [6.07, 6.45) is -0.987. The molecule has 8 heteroatoms. The van der Waals surface area contributed by atoms with Gasteiger partial charge >= 0.3 is 5.97 Å². The average Bonchev–Trinajstić information content (AvgIpc) is 3.18. The molecule has 0 spiro atoms. The number of nitrogens with one attached hydrogen (secondary N) is 1. The number of aryl methyl sites for hydroxylation is 1. The fourth-order valence-electron chi connectivity index (χ4n) is 4.28. The minimum absolute atomic E-state index is 0.0238. The van der Waals surface area contributed by atoms with Gasteiger partial charge in [-0.15, -0.1) is 0 Å². The normalized spacial score (nSPS) is 14.9. The second-order valence-corrected chi connectivity index (χ2v) is 8.80. The molecule has 0 saturated carbocycles. The van der Waals surface area contributed by atoms with Crippen LogP contribution in [-0.4, -0.2) is 51.4 Å². The number of aromatic amines is 1. The lowest BCUT2D eigenvalue weighted by Crippen LogP contribution is -2.47. The summed E-state index contributed by atoms with van der Waals surface area (Å²) in [5.74, 6) is -2.64. The van der Waals surface area contributed by atoms with Gasteiger partial charge in [-0.1, -0.05) is 26.0 Å². The highest BCUT2D eigenvalue weighted by Gasteiger charge is 2.44. The Labute approximate surface area is 192 Å². The number of H-pyrrole nitrogens is 1. The van der Waals surface area contributed by atoms with Gasteiger partial charge < -0.3 is 9.72 Å². The van der Waals surface area contributed by atoms with Gasteiger partial charge in [-0.05, 0) is 57.7 Å². The van der Waals surface area contributed by atoms with E-state index in [1.807, 2.05) is 13.8 Å². The zero-order valence-corrected chi connectivity index (χ0v) is 19.6. The molecule has 1 aliphatic heterocycles. The van der Waals surface area contributed by atoms with E-state index in [0.29, 0.717) is 16.8 Å². The number of nitrogens with zero attached hydrogens (tertiary/aromatic N) is 1. The number of imide groups is 1. The molecule has 1 N–H and O–H groups in total. The van der Waals surface area contributed by atoms with Crippen LogP contribution in [-0.2, 0) is 9.53 Å². The largest absolute Gasteiger partial charge is 0.453 e. The molecule has 1 aromatic carbocycles. The summed E-state index contributed by atoms with van der Waals surface area (Å²) < 4.78 is 5.46. The van der Waals surface area contributed by atoms with Crippen LogP contribution in [0.2, 0.25) is 0 Å². The zero-order chi connectivity index (χ0) is 24.6. The number of carbonyl (C=O) groups excluding carboxylic acids is 5. The first-order valence-corrected chi connectivity index (χ1v) is 10.9. The van der Waals surface area contributed by atoms with Crippen LogP contribution in [0.15, 0.2) is 24.3 Å². The first-order chi connectivity index (χ1) is 15.5. The van der Waals surface area contributed by atoms with Crippen LogP contribution in [0.1, 0.15) is 86.9 Å². The smallest absolute Gasteiger partial charge is 0.330 e. The average molecular weight is 453 g/mol. The maximum Gasteiger partial charge on any atom is 0.330 e. The number of Topliss-reactive ketones (excluding diaryl/α,β-unsaturated/α-hetero) is 2. The van der Waals surface area contributed by atoms with Gasteiger partial charge in [0.2, 0.25) is 5.78 Å². The molecule has 2 atom stereocenters. The number of amides is 2. The maximum atomic E-state index is 13.1. The Morgan fingerprint density at radius 2 is 1.55 bits per heavy atom. The van der Waals surface area contributed by atoms with Crippen LogP contribution >= 0.6 is 0 Å². The summed E-state index contributed by atoms with van der Waals surface area (Å²) in [4.78, 5) is 67.7. The van der Waals surface area contributed by atoms with Crippen molar-refractivity contribution in [1.29, 1.82) is 0 Å². The van der Waals surface area contributed by atoms with Gasteiger partial charge in [-0.2, -0.15) is 0 Å². The molecular weight excluding hydrogens is 424 g/mol. The summed E-state index contributed by atoms with van der Waals surface area (Å²) in [5.41, 5.74) is 2.15. The van der Waals surface area contributed by atoms with E-state index in [4.69, 9.17) is 4.74 Å². The lowest BCUT2D eigenvalue weighted by Gasteiger charge is -2.27. The Morgan fingerprint density at radius 3 is 2.00 bits per heavy atom. The number of fused-ring (bicyclic) bond motifs is 1. The van der Waals surface area contributed by atoms with Crippen molar-refractivity contribution < 1.29 is 28.7 Å². The number of rotatable bonds is 8. The summed E-state index contributed by atoms with van der Waals surface area (Å²) in [7, 11) is 0. The third kappa shape index (κ3) is 4.37. The molecule has 0 radical (unpaired) electrons. The van der Waals surface area contributed by atoms with Crippen molar-refractivity contribution in [1.82, 2.24) is 9.88 Å². The molecule has 1 aliphatic rings. The number of hydrogen-bond acceptors (Lipinski definition) is 6.